The van der Waals surface area contributed by atoms with Crippen LogP contribution in [0.25, 0.3) is 0 Å². The quantitative estimate of drug-likeness (QED) is 0.688. The van der Waals surface area contributed by atoms with Gasteiger partial charge in [0.25, 0.3) is 0 Å². The highest BCUT2D eigenvalue weighted by Gasteiger charge is 2.15. The fourth-order valence-electron chi connectivity index (χ4n) is 1.64. The maximum Gasteiger partial charge on any atom is 0.321 e. The van der Waals surface area contributed by atoms with Gasteiger partial charge in [0.15, 0.2) is 0 Å². The standard InChI is InChI=1S/C13H18N2O3/c1-9(16)15-8-11-5-3-4-10(6-11)7-12(14-2)13(17)18/h3-6,12,14H,7-8H2,1-2H3,(H,15,16)(H,17,18)/t12-/m0/s1. The van der Waals surface area contributed by atoms with Gasteiger partial charge in [-0.3, -0.25) is 9.59 Å². The van der Waals surface area contributed by atoms with Crippen LogP contribution in [0, 0.1) is 0 Å². The summed E-state index contributed by atoms with van der Waals surface area (Å²) in [6.07, 6.45) is 0.416. The Balaban J connectivity index is 2.69. The van der Waals surface area contributed by atoms with Gasteiger partial charge in [-0.15, -0.1) is 0 Å². The van der Waals surface area contributed by atoms with E-state index in [2.05, 4.69) is 10.6 Å². The van der Waals surface area contributed by atoms with Gasteiger partial charge >= 0.3 is 5.97 Å². The number of carboxylic acids is 1. The maximum atomic E-state index is 10.9. The van der Waals surface area contributed by atoms with E-state index in [1.807, 2.05) is 24.3 Å². The van der Waals surface area contributed by atoms with Crippen LogP contribution in [-0.2, 0) is 22.6 Å². The normalized spacial score (nSPS) is 11.9. The second-order valence-corrected chi connectivity index (χ2v) is 4.11. The zero-order valence-electron chi connectivity index (χ0n) is 10.6. The summed E-state index contributed by atoms with van der Waals surface area (Å²) in [5, 5.41) is 14.4. The van der Waals surface area contributed by atoms with E-state index >= 15 is 0 Å². The molecule has 0 bridgehead atoms. The number of benzene rings is 1. The molecular weight excluding hydrogens is 232 g/mol. The minimum Gasteiger partial charge on any atom is -0.480 e. The molecule has 1 rings (SSSR count). The van der Waals surface area contributed by atoms with Gasteiger partial charge in [0.2, 0.25) is 5.91 Å². The second-order valence-electron chi connectivity index (χ2n) is 4.11. The zero-order chi connectivity index (χ0) is 13.5. The highest BCUT2D eigenvalue weighted by atomic mass is 16.4. The first-order valence-corrected chi connectivity index (χ1v) is 5.75. The number of rotatable bonds is 6. The molecular formula is C13H18N2O3. The number of likely N-dealkylation sites (N-methyl/N-ethyl adjacent to an activating group) is 1. The molecule has 0 saturated heterocycles. The summed E-state index contributed by atoms with van der Waals surface area (Å²) >= 11 is 0. The average Bonchev–Trinajstić information content (AvgIpc) is 2.33. The lowest BCUT2D eigenvalue weighted by Crippen LogP contribution is -2.35. The fraction of sp³-hybridized carbons (Fsp3) is 0.385. The molecule has 0 aliphatic heterocycles. The molecule has 0 aliphatic carbocycles. The van der Waals surface area contributed by atoms with E-state index < -0.39 is 12.0 Å². The molecule has 0 fully saturated rings. The molecule has 0 radical (unpaired) electrons. The van der Waals surface area contributed by atoms with Crippen LogP contribution in [0.1, 0.15) is 18.1 Å². The number of carboxylic acid groups (broad SMARTS) is 1. The van der Waals surface area contributed by atoms with E-state index in [-0.39, 0.29) is 5.91 Å². The van der Waals surface area contributed by atoms with E-state index in [9.17, 15) is 9.59 Å². The van der Waals surface area contributed by atoms with Gasteiger partial charge in [-0.1, -0.05) is 24.3 Å². The number of nitrogens with one attached hydrogen (secondary N) is 2. The highest BCUT2D eigenvalue weighted by Crippen LogP contribution is 2.08. The summed E-state index contributed by atoms with van der Waals surface area (Å²) in [4.78, 5) is 21.7. The van der Waals surface area contributed by atoms with Crippen molar-refractivity contribution in [3.63, 3.8) is 0 Å². The lowest BCUT2D eigenvalue weighted by Gasteiger charge is -2.12. The summed E-state index contributed by atoms with van der Waals surface area (Å²) in [6, 6.07) is 6.95. The first kappa shape index (κ1) is 14.2. The molecule has 0 unspecified atom stereocenters. The average molecular weight is 250 g/mol. The molecule has 0 aliphatic rings. The SMILES string of the molecule is CN[C@@H](Cc1cccc(CNC(C)=O)c1)C(=O)O. The third kappa shape index (κ3) is 4.55. The Morgan fingerprint density at radius 2 is 2.00 bits per heavy atom. The van der Waals surface area contributed by atoms with Crippen LogP contribution in [0.3, 0.4) is 0 Å². The Kier molecular flexibility index (Phi) is 5.32. The van der Waals surface area contributed by atoms with Crippen molar-refractivity contribution in [2.24, 2.45) is 0 Å². The molecule has 0 spiro atoms. The van der Waals surface area contributed by atoms with Crippen LogP contribution in [-0.4, -0.2) is 30.1 Å². The smallest absolute Gasteiger partial charge is 0.321 e. The van der Waals surface area contributed by atoms with Crippen molar-refractivity contribution in [2.75, 3.05) is 7.05 Å². The van der Waals surface area contributed by atoms with Crippen molar-refractivity contribution in [1.29, 1.82) is 0 Å². The third-order valence-electron chi connectivity index (χ3n) is 2.62. The number of aliphatic carboxylic acids is 1. The number of carbonyl (C=O) groups excluding carboxylic acids is 1. The first-order valence-electron chi connectivity index (χ1n) is 5.75. The number of carbonyl (C=O) groups is 2. The molecule has 5 nitrogen and oxygen atoms in total. The minimum atomic E-state index is -0.871. The van der Waals surface area contributed by atoms with Crippen LogP contribution in [0.4, 0.5) is 0 Å². The van der Waals surface area contributed by atoms with Crippen molar-refractivity contribution >= 4 is 11.9 Å². The number of hydrogen-bond acceptors (Lipinski definition) is 3. The van der Waals surface area contributed by atoms with Crippen molar-refractivity contribution in [3.8, 4) is 0 Å². The monoisotopic (exact) mass is 250 g/mol. The van der Waals surface area contributed by atoms with E-state index in [1.165, 1.54) is 6.92 Å². The van der Waals surface area contributed by atoms with Gasteiger partial charge in [0.05, 0.1) is 0 Å². The largest absolute Gasteiger partial charge is 0.480 e. The highest BCUT2D eigenvalue weighted by molar-refractivity contribution is 5.74. The van der Waals surface area contributed by atoms with Crippen LogP contribution in [0.2, 0.25) is 0 Å². The molecule has 18 heavy (non-hydrogen) atoms. The van der Waals surface area contributed by atoms with Crippen molar-refractivity contribution < 1.29 is 14.7 Å². The zero-order valence-corrected chi connectivity index (χ0v) is 10.6. The predicted molar refractivity (Wildman–Crippen MR) is 68.2 cm³/mol. The molecule has 0 aromatic heterocycles. The van der Waals surface area contributed by atoms with E-state index in [0.717, 1.165) is 11.1 Å². The minimum absolute atomic E-state index is 0.0842. The van der Waals surface area contributed by atoms with E-state index in [4.69, 9.17) is 5.11 Å². The maximum absolute atomic E-state index is 10.9. The molecule has 98 valence electrons. The van der Waals surface area contributed by atoms with Gasteiger partial charge in [0.1, 0.15) is 6.04 Å². The van der Waals surface area contributed by atoms with Gasteiger partial charge in [-0.2, -0.15) is 0 Å². The lowest BCUT2D eigenvalue weighted by molar-refractivity contribution is -0.139. The summed E-state index contributed by atoms with van der Waals surface area (Å²) in [5.74, 6) is -0.955. The molecule has 0 saturated carbocycles. The summed E-state index contributed by atoms with van der Waals surface area (Å²) < 4.78 is 0. The summed E-state index contributed by atoms with van der Waals surface area (Å²) in [7, 11) is 1.62. The van der Waals surface area contributed by atoms with E-state index in [0.29, 0.717) is 13.0 Å². The van der Waals surface area contributed by atoms with Crippen LogP contribution in [0.15, 0.2) is 24.3 Å². The molecule has 1 aromatic carbocycles. The van der Waals surface area contributed by atoms with Gasteiger partial charge in [0, 0.05) is 13.5 Å². The Labute approximate surface area is 106 Å². The van der Waals surface area contributed by atoms with Gasteiger partial charge < -0.3 is 15.7 Å². The third-order valence-corrected chi connectivity index (χ3v) is 2.62. The fourth-order valence-corrected chi connectivity index (χ4v) is 1.64. The van der Waals surface area contributed by atoms with Gasteiger partial charge in [-0.05, 0) is 24.6 Å². The topological polar surface area (TPSA) is 78.4 Å². The Morgan fingerprint density at radius 3 is 2.56 bits per heavy atom. The Bertz CT molecular complexity index is 432. The van der Waals surface area contributed by atoms with Crippen molar-refractivity contribution in [1.82, 2.24) is 10.6 Å². The lowest BCUT2D eigenvalue weighted by atomic mass is 10.0. The summed E-state index contributed by atoms with van der Waals surface area (Å²) in [5.41, 5.74) is 1.89. The van der Waals surface area contributed by atoms with Crippen molar-refractivity contribution in [3.05, 3.63) is 35.4 Å². The molecule has 3 N–H and O–H groups in total. The van der Waals surface area contributed by atoms with Crippen LogP contribution >= 0.6 is 0 Å². The molecule has 5 heteroatoms. The van der Waals surface area contributed by atoms with Crippen LogP contribution < -0.4 is 10.6 Å². The van der Waals surface area contributed by atoms with Crippen LogP contribution in [0.5, 0.6) is 0 Å². The summed E-state index contributed by atoms with van der Waals surface area (Å²) in [6.45, 7) is 1.92. The number of hydrogen-bond donors (Lipinski definition) is 3. The second kappa shape index (κ2) is 6.76. The Morgan fingerprint density at radius 1 is 1.33 bits per heavy atom. The Hall–Kier alpha value is -1.88. The number of amides is 1. The predicted octanol–water partition coefficient (Wildman–Crippen LogP) is 0.538. The molecule has 1 atom stereocenters. The van der Waals surface area contributed by atoms with E-state index in [1.54, 1.807) is 7.05 Å². The molecule has 0 heterocycles. The molecule has 1 aromatic rings. The van der Waals surface area contributed by atoms with Crippen molar-refractivity contribution in [2.45, 2.75) is 25.9 Å². The first-order chi connectivity index (χ1) is 8.52. The van der Waals surface area contributed by atoms with Gasteiger partial charge in [-0.25, -0.2) is 0 Å². The molecule has 1 amide bonds.